The second-order valence-electron chi connectivity index (χ2n) is 5.26. The van der Waals surface area contributed by atoms with E-state index in [2.05, 4.69) is 17.1 Å². The van der Waals surface area contributed by atoms with Gasteiger partial charge in [-0.2, -0.15) is 5.10 Å². The van der Waals surface area contributed by atoms with Crippen molar-refractivity contribution in [3.05, 3.63) is 65.3 Å². The van der Waals surface area contributed by atoms with Gasteiger partial charge in [0.25, 0.3) is 0 Å². The fourth-order valence-corrected chi connectivity index (χ4v) is 2.20. The number of carbonyl (C=O) groups is 1. The summed E-state index contributed by atoms with van der Waals surface area (Å²) in [5.74, 6) is -0.838. The molecule has 0 radical (unpaired) electrons. The number of carboxylic acids is 1. The first-order chi connectivity index (χ1) is 11.6. The molecule has 0 spiro atoms. The van der Waals surface area contributed by atoms with Gasteiger partial charge in [0.15, 0.2) is 0 Å². The topological polar surface area (TPSA) is 61.7 Å². The largest absolute Gasteiger partial charge is 0.478 e. The maximum Gasteiger partial charge on any atom is 0.331 e. The first-order valence-electron chi connectivity index (χ1n) is 8.22. The molecule has 2 N–H and O–H groups in total. The van der Waals surface area contributed by atoms with Crippen molar-refractivity contribution in [3.63, 3.8) is 0 Å². The fraction of sp³-hybridized carbons (Fsp3) is 0.300. The Morgan fingerprint density at radius 3 is 2.38 bits per heavy atom. The summed E-state index contributed by atoms with van der Waals surface area (Å²) in [5, 5.41) is 13.2. The molecule has 1 aliphatic rings. The van der Waals surface area contributed by atoms with Crippen molar-refractivity contribution < 1.29 is 9.90 Å². The van der Waals surface area contributed by atoms with Crippen LogP contribution in [0.5, 0.6) is 0 Å². The Kier molecular flexibility index (Phi) is 8.26. The minimum atomic E-state index is -0.838. The molecule has 128 valence electrons. The van der Waals surface area contributed by atoms with Gasteiger partial charge >= 0.3 is 5.97 Å². The molecule has 0 bridgehead atoms. The SMILES string of the molecule is C=C(/C=N\Nc1ccc(C)cc1)C1=CCC=C(C(=O)O)CC1.CC. The molecule has 0 atom stereocenters. The van der Waals surface area contributed by atoms with E-state index in [1.165, 1.54) is 5.56 Å². The number of hydrogen-bond acceptors (Lipinski definition) is 3. The van der Waals surface area contributed by atoms with E-state index in [0.717, 1.165) is 16.8 Å². The lowest BCUT2D eigenvalue weighted by Gasteiger charge is -2.06. The number of allylic oxidation sites excluding steroid dienone is 4. The summed E-state index contributed by atoms with van der Waals surface area (Å²) in [7, 11) is 0. The zero-order valence-corrected chi connectivity index (χ0v) is 14.7. The Morgan fingerprint density at radius 1 is 1.17 bits per heavy atom. The smallest absolute Gasteiger partial charge is 0.331 e. The molecule has 0 amide bonds. The molecule has 24 heavy (non-hydrogen) atoms. The summed E-state index contributed by atoms with van der Waals surface area (Å²) in [4.78, 5) is 11.0. The van der Waals surface area contributed by atoms with Crippen LogP contribution >= 0.6 is 0 Å². The van der Waals surface area contributed by atoms with E-state index in [9.17, 15) is 4.79 Å². The molecule has 0 saturated carbocycles. The van der Waals surface area contributed by atoms with Crippen molar-refractivity contribution in [2.45, 2.75) is 40.0 Å². The van der Waals surface area contributed by atoms with Gasteiger partial charge in [-0.3, -0.25) is 5.43 Å². The Hall–Kier alpha value is -2.62. The number of aliphatic carboxylic acids is 1. The number of anilines is 1. The lowest BCUT2D eigenvalue weighted by Crippen LogP contribution is -2.00. The van der Waals surface area contributed by atoms with Crippen LogP contribution in [0.4, 0.5) is 5.69 Å². The van der Waals surface area contributed by atoms with Crippen molar-refractivity contribution in [2.24, 2.45) is 5.10 Å². The van der Waals surface area contributed by atoms with E-state index in [1.807, 2.05) is 51.1 Å². The molecule has 0 aliphatic heterocycles. The quantitative estimate of drug-likeness (QED) is 0.585. The zero-order chi connectivity index (χ0) is 17.9. The van der Waals surface area contributed by atoms with Gasteiger partial charge in [0.1, 0.15) is 0 Å². The third kappa shape index (κ3) is 6.24. The molecule has 0 aromatic heterocycles. The minimum Gasteiger partial charge on any atom is -0.478 e. The minimum absolute atomic E-state index is 0.466. The average molecular weight is 326 g/mol. The predicted octanol–water partition coefficient (Wildman–Crippen LogP) is 5.10. The summed E-state index contributed by atoms with van der Waals surface area (Å²) >= 11 is 0. The van der Waals surface area contributed by atoms with Crippen molar-refractivity contribution in [1.82, 2.24) is 0 Å². The second kappa shape index (κ2) is 10.2. The lowest BCUT2D eigenvalue weighted by molar-refractivity contribution is -0.132. The van der Waals surface area contributed by atoms with E-state index in [0.29, 0.717) is 24.8 Å². The Bertz CT molecular complexity index is 653. The van der Waals surface area contributed by atoms with Gasteiger partial charge in [0.2, 0.25) is 0 Å². The average Bonchev–Trinajstić information content (AvgIpc) is 2.85. The van der Waals surface area contributed by atoms with Crippen molar-refractivity contribution in [1.29, 1.82) is 0 Å². The van der Waals surface area contributed by atoms with Crippen molar-refractivity contribution in [3.8, 4) is 0 Å². The Morgan fingerprint density at radius 2 is 1.75 bits per heavy atom. The number of hydrazone groups is 1. The Labute approximate surface area is 144 Å². The van der Waals surface area contributed by atoms with E-state index in [-0.39, 0.29) is 0 Å². The second-order valence-corrected chi connectivity index (χ2v) is 5.26. The molecule has 0 saturated heterocycles. The molecule has 2 rings (SSSR count). The van der Waals surface area contributed by atoms with Crippen molar-refractivity contribution in [2.75, 3.05) is 5.43 Å². The first kappa shape index (κ1) is 19.4. The Balaban J connectivity index is 0.00000139. The normalized spacial score (nSPS) is 14.0. The number of carboxylic acid groups (broad SMARTS) is 1. The number of hydrogen-bond donors (Lipinski definition) is 2. The molecular weight excluding hydrogens is 300 g/mol. The zero-order valence-electron chi connectivity index (χ0n) is 14.7. The van der Waals surface area contributed by atoms with Gasteiger partial charge in [0.05, 0.1) is 11.9 Å². The first-order valence-corrected chi connectivity index (χ1v) is 8.22. The van der Waals surface area contributed by atoms with Crippen LogP contribution in [0.2, 0.25) is 0 Å². The monoisotopic (exact) mass is 326 g/mol. The van der Waals surface area contributed by atoms with Gasteiger partial charge in [0, 0.05) is 5.57 Å². The third-order valence-electron chi connectivity index (χ3n) is 3.54. The van der Waals surface area contributed by atoms with Gasteiger partial charge in [-0.1, -0.05) is 50.3 Å². The highest BCUT2D eigenvalue weighted by Crippen LogP contribution is 2.22. The molecule has 0 unspecified atom stereocenters. The number of nitrogens with zero attached hydrogens (tertiary/aromatic N) is 1. The molecule has 0 heterocycles. The van der Waals surface area contributed by atoms with Crippen LogP contribution in [0.15, 0.2) is 64.8 Å². The number of rotatable bonds is 5. The van der Waals surface area contributed by atoms with Crippen LogP contribution < -0.4 is 5.43 Å². The van der Waals surface area contributed by atoms with Crippen LogP contribution in [0, 0.1) is 6.92 Å². The van der Waals surface area contributed by atoms with Crippen LogP contribution in [-0.4, -0.2) is 17.3 Å². The molecular formula is C20H26N2O2. The van der Waals surface area contributed by atoms with Gasteiger partial charge in [-0.15, -0.1) is 0 Å². The number of benzene rings is 1. The van der Waals surface area contributed by atoms with E-state index < -0.39 is 5.97 Å². The lowest BCUT2D eigenvalue weighted by atomic mass is 10.0. The van der Waals surface area contributed by atoms with Gasteiger partial charge in [-0.25, -0.2) is 4.79 Å². The molecule has 1 aromatic rings. The highest BCUT2D eigenvalue weighted by molar-refractivity contribution is 5.87. The van der Waals surface area contributed by atoms with E-state index >= 15 is 0 Å². The summed E-state index contributed by atoms with van der Waals surface area (Å²) < 4.78 is 0. The standard InChI is InChI=1S/C18H20N2O2.C2H6/c1-13-6-10-17(11-7-13)20-19-12-14(2)15-4-3-5-16(9-8-15)18(21)22;1-2/h4-7,10-12,20H,2-3,8-9H2,1H3,(H,21,22);1-2H3/b19-12-;. The molecule has 4 nitrogen and oxygen atoms in total. The van der Waals surface area contributed by atoms with Crippen LogP contribution in [0.3, 0.4) is 0 Å². The maximum atomic E-state index is 11.0. The van der Waals surface area contributed by atoms with Crippen molar-refractivity contribution >= 4 is 17.9 Å². The summed E-state index contributed by atoms with van der Waals surface area (Å²) in [6, 6.07) is 7.95. The maximum absolute atomic E-state index is 11.0. The van der Waals surface area contributed by atoms with Crippen LogP contribution in [0.25, 0.3) is 0 Å². The van der Waals surface area contributed by atoms with Gasteiger partial charge < -0.3 is 5.11 Å². The van der Waals surface area contributed by atoms with Crippen LogP contribution in [0.1, 0.15) is 38.7 Å². The highest BCUT2D eigenvalue weighted by Gasteiger charge is 2.11. The molecule has 4 heteroatoms. The molecule has 0 fully saturated rings. The van der Waals surface area contributed by atoms with E-state index in [4.69, 9.17) is 5.11 Å². The molecule has 1 aromatic carbocycles. The summed E-state index contributed by atoms with van der Waals surface area (Å²) in [6.45, 7) is 10.0. The van der Waals surface area contributed by atoms with E-state index in [1.54, 1.807) is 12.3 Å². The number of nitrogens with one attached hydrogen (secondary N) is 1. The highest BCUT2D eigenvalue weighted by atomic mass is 16.4. The van der Waals surface area contributed by atoms with Crippen LogP contribution in [-0.2, 0) is 4.79 Å². The van der Waals surface area contributed by atoms with Gasteiger partial charge in [-0.05, 0) is 49.5 Å². The summed E-state index contributed by atoms with van der Waals surface area (Å²) in [5.41, 5.74) is 7.39. The fourth-order valence-electron chi connectivity index (χ4n) is 2.20. The number of aryl methyl sites for hydroxylation is 1. The molecule has 1 aliphatic carbocycles. The third-order valence-corrected chi connectivity index (χ3v) is 3.54. The summed E-state index contributed by atoms with van der Waals surface area (Å²) in [6.07, 6.45) is 7.26. The predicted molar refractivity (Wildman–Crippen MR) is 101 cm³/mol.